The third kappa shape index (κ3) is 3.70. The number of hydrogen-bond donors (Lipinski definition) is 2. The zero-order valence-electron chi connectivity index (χ0n) is 11.0. The molecule has 1 heterocycles. The highest BCUT2D eigenvalue weighted by atomic mass is 35.5. The van der Waals surface area contributed by atoms with E-state index >= 15 is 0 Å². The van der Waals surface area contributed by atoms with Gasteiger partial charge in [0.05, 0.1) is 4.34 Å². The monoisotopic (exact) mass is 286 g/mol. The van der Waals surface area contributed by atoms with Gasteiger partial charge in [0.2, 0.25) is 0 Å². The maximum absolute atomic E-state index is 6.01. The Morgan fingerprint density at radius 3 is 2.72 bits per heavy atom. The second kappa shape index (κ2) is 6.38. The van der Waals surface area contributed by atoms with Crippen molar-refractivity contribution in [1.82, 2.24) is 5.32 Å². The number of thiophene rings is 1. The predicted octanol–water partition coefficient (Wildman–Crippen LogP) is 3.65. The summed E-state index contributed by atoms with van der Waals surface area (Å²) in [6.45, 7) is 5.10. The summed E-state index contributed by atoms with van der Waals surface area (Å²) >= 11 is 7.58. The third-order valence-electron chi connectivity index (χ3n) is 4.20. The molecular weight excluding hydrogens is 264 g/mol. The van der Waals surface area contributed by atoms with Gasteiger partial charge in [-0.2, -0.15) is 0 Å². The zero-order chi connectivity index (χ0) is 13.0. The summed E-state index contributed by atoms with van der Waals surface area (Å²) in [4.78, 5) is 1.30. The number of halogens is 1. The molecule has 2 rings (SSSR count). The first kappa shape index (κ1) is 14.3. The Balaban J connectivity index is 1.80. The van der Waals surface area contributed by atoms with Crippen molar-refractivity contribution < 1.29 is 0 Å². The first-order chi connectivity index (χ1) is 8.63. The molecule has 18 heavy (non-hydrogen) atoms. The molecule has 3 N–H and O–H groups in total. The van der Waals surface area contributed by atoms with Gasteiger partial charge in [-0.25, -0.2) is 0 Å². The second-order valence-corrected chi connectivity index (χ2v) is 7.50. The van der Waals surface area contributed by atoms with Crippen molar-refractivity contribution >= 4 is 22.9 Å². The smallest absolute Gasteiger partial charge is 0.0931 e. The summed E-state index contributed by atoms with van der Waals surface area (Å²) in [5.41, 5.74) is 6.34. The minimum atomic E-state index is 0.327. The van der Waals surface area contributed by atoms with Crippen LogP contribution in [-0.2, 0) is 6.54 Å². The average Bonchev–Trinajstić information content (AvgIpc) is 2.78. The van der Waals surface area contributed by atoms with E-state index in [1.807, 2.05) is 6.07 Å². The summed E-state index contributed by atoms with van der Waals surface area (Å²) in [5.74, 6) is 0.876. The summed E-state index contributed by atoms with van der Waals surface area (Å²) in [6.07, 6.45) is 5.18. The fourth-order valence-electron chi connectivity index (χ4n) is 2.73. The standard InChI is InChI=1S/C14H23ClN2S/c1-11-4-6-14(9-16,7-5-11)10-17-8-12-2-3-13(15)18-12/h2-3,11,17H,4-10,16H2,1H3. The Bertz CT molecular complexity index is 370. The maximum atomic E-state index is 6.01. The van der Waals surface area contributed by atoms with Gasteiger partial charge in [-0.3, -0.25) is 0 Å². The average molecular weight is 287 g/mol. The normalized spacial score (nSPS) is 28.5. The molecular formula is C14H23ClN2S. The molecule has 0 amide bonds. The Morgan fingerprint density at radius 2 is 2.17 bits per heavy atom. The lowest BCUT2D eigenvalue weighted by atomic mass is 9.71. The topological polar surface area (TPSA) is 38.0 Å². The minimum Gasteiger partial charge on any atom is -0.330 e. The van der Waals surface area contributed by atoms with Crippen LogP contribution in [0, 0.1) is 11.3 Å². The second-order valence-electron chi connectivity index (χ2n) is 5.70. The quantitative estimate of drug-likeness (QED) is 0.867. The molecule has 0 atom stereocenters. The van der Waals surface area contributed by atoms with Crippen LogP contribution >= 0.6 is 22.9 Å². The van der Waals surface area contributed by atoms with Crippen LogP contribution in [0.25, 0.3) is 0 Å². The van der Waals surface area contributed by atoms with Gasteiger partial charge in [0, 0.05) is 18.0 Å². The van der Waals surface area contributed by atoms with Gasteiger partial charge in [-0.1, -0.05) is 31.4 Å². The molecule has 102 valence electrons. The van der Waals surface area contributed by atoms with E-state index < -0.39 is 0 Å². The number of nitrogens with one attached hydrogen (secondary N) is 1. The number of rotatable bonds is 5. The predicted molar refractivity (Wildman–Crippen MR) is 80.2 cm³/mol. The molecule has 4 heteroatoms. The largest absolute Gasteiger partial charge is 0.330 e. The molecule has 1 fully saturated rings. The van der Waals surface area contributed by atoms with Crippen LogP contribution in [-0.4, -0.2) is 13.1 Å². The zero-order valence-corrected chi connectivity index (χ0v) is 12.6. The fraction of sp³-hybridized carbons (Fsp3) is 0.714. The first-order valence-corrected chi connectivity index (χ1v) is 7.98. The van der Waals surface area contributed by atoms with Crippen LogP contribution in [0.1, 0.15) is 37.5 Å². The van der Waals surface area contributed by atoms with Crippen molar-refractivity contribution in [3.05, 3.63) is 21.3 Å². The molecule has 0 aromatic carbocycles. The van der Waals surface area contributed by atoms with Crippen LogP contribution in [0.15, 0.2) is 12.1 Å². The minimum absolute atomic E-state index is 0.327. The molecule has 1 saturated carbocycles. The van der Waals surface area contributed by atoms with E-state index in [2.05, 4.69) is 18.3 Å². The van der Waals surface area contributed by atoms with E-state index in [0.29, 0.717) is 5.41 Å². The molecule has 1 aliphatic rings. The third-order valence-corrected chi connectivity index (χ3v) is 5.43. The summed E-state index contributed by atoms with van der Waals surface area (Å²) < 4.78 is 0.867. The molecule has 1 aliphatic carbocycles. The van der Waals surface area contributed by atoms with E-state index in [1.165, 1.54) is 30.6 Å². The lowest BCUT2D eigenvalue weighted by Crippen LogP contribution is -2.42. The molecule has 0 radical (unpaired) electrons. The first-order valence-electron chi connectivity index (χ1n) is 6.78. The summed E-state index contributed by atoms with van der Waals surface area (Å²) in [5, 5.41) is 3.56. The Morgan fingerprint density at radius 1 is 1.44 bits per heavy atom. The summed E-state index contributed by atoms with van der Waals surface area (Å²) in [7, 11) is 0. The highest BCUT2D eigenvalue weighted by Crippen LogP contribution is 2.37. The fourth-order valence-corrected chi connectivity index (χ4v) is 3.78. The molecule has 0 spiro atoms. The molecule has 0 aliphatic heterocycles. The van der Waals surface area contributed by atoms with E-state index in [1.54, 1.807) is 11.3 Å². The van der Waals surface area contributed by atoms with E-state index in [0.717, 1.165) is 29.9 Å². The maximum Gasteiger partial charge on any atom is 0.0931 e. The Kier molecular flexibility index (Phi) is 5.07. The van der Waals surface area contributed by atoms with Crippen LogP contribution in [0.2, 0.25) is 4.34 Å². The van der Waals surface area contributed by atoms with Gasteiger partial charge in [-0.15, -0.1) is 11.3 Å². The van der Waals surface area contributed by atoms with E-state index in [4.69, 9.17) is 17.3 Å². The van der Waals surface area contributed by atoms with Crippen LogP contribution in [0.3, 0.4) is 0 Å². The lowest BCUT2D eigenvalue weighted by Gasteiger charge is -2.38. The van der Waals surface area contributed by atoms with Crippen molar-refractivity contribution in [2.24, 2.45) is 17.1 Å². The van der Waals surface area contributed by atoms with Crippen molar-refractivity contribution in [3.8, 4) is 0 Å². The van der Waals surface area contributed by atoms with Crippen LogP contribution in [0.5, 0.6) is 0 Å². The van der Waals surface area contributed by atoms with Gasteiger partial charge in [0.15, 0.2) is 0 Å². The molecule has 1 aromatic rings. The molecule has 0 saturated heterocycles. The van der Waals surface area contributed by atoms with Gasteiger partial charge < -0.3 is 11.1 Å². The van der Waals surface area contributed by atoms with E-state index in [-0.39, 0.29) is 0 Å². The Labute approximate surface area is 119 Å². The highest BCUT2D eigenvalue weighted by molar-refractivity contribution is 7.16. The van der Waals surface area contributed by atoms with Gasteiger partial charge >= 0.3 is 0 Å². The van der Waals surface area contributed by atoms with Gasteiger partial charge in [-0.05, 0) is 42.9 Å². The molecule has 0 unspecified atom stereocenters. The van der Waals surface area contributed by atoms with Gasteiger partial charge in [0.25, 0.3) is 0 Å². The Hall–Kier alpha value is -0.0900. The van der Waals surface area contributed by atoms with E-state index in [9.17, 15) is 0 Å². The van der Waals surface area contributed by atoms with Crippen molar-refractivity contribution in [3.63, 3.8) is 0 Å². The molecule has 1 aromatic heterocycles. The number of hydrogen-bond acceptors (Lipinski definition) is 3. The summed E-state index contributed by atoms with van der Waals surface area (Å²) in [6, 6.07) is 4.06. The van der Waals surface area contributed by atoms with Gasteiger partial charge in [0.1, 0.15) is 0 Å². The SMILES string of the molecule is CC1CCC(CN)(CNCc2ccc(Cl)s2)CC1. The van der Waals surface area contributed by atoms with Crippen LogP contribution < -0.4 is 11.1 Å². The van der Waals surface area contributed by atoms with Crippen molar-refractivity contribution in [2.45, 2.75) is 39.2 Å². The van der Waals surface area contributed by atoms with Crippen LogP contribution in [0.4, 0.5) is 0 Å². The lowest BCUT2D eigenvalue weighted by molar-refractivity contribution is 0.159. The number of nitrogens with two attached hydrogens (primary N) is 1. The molecule has 0 bridgehead atoms. The van der Waals surface area contributed by atoms with Crippen molar-refractivity contribution in [1.29, 1.82) is 0 Å². The molecule has 2 nitrogen and oxygen atoms in total. The van der Waals surface area contributed by atoms with Crippen molar-refractivity contribution in [2.75, 3.05) is 13.1 Å². The highest BCUT2D eigenvalue weighted by Gasteiger charge is 2.32.